The average Bonchev–Trinajstić information content (AvgIpc) is 2.40. The Hall–Kier alpha value is -0.870. The third-order valence-electron chi connectivity index (χ3n) is 3.50. The summed E-state index contributed by atoms with van der Waals surface area (Å²) >= 11 is 0. The van der Waals surface area contributed by atoms with Crippen molar-refractivity contribution < 1.29 is 4.21 Å². The smallest absolute Gasteiger partial charge is 0.0411 e. The Morgan fingerprint density at radius 1 is 1.28 bits per heavy atom. The number of nitrogens with zero attached hydrogens (tertiary/aromatic N) is 1. The van der Waals surface area contributed by atoms with Gasteiger partial charge in [0.1, 0.15) is 0 Å². The average molecular weight is 266 g/mol. The SMILES string of the molecule is CCC(N)Cc1ccc(N2CCS(=O)CC2)cc1. The predicted molar refractivity (Wildman–Crippen MR) is 78.5 cm³/mol. The zero-order valence-electron chi connectivity index (χ0n) is 11.0. The number of benzene rings is 1. The van der Waals surface area contributed by atoms with E-state index < -0.39 is 10.8 Å². The van der Waals surface area contributed by atoms with Crippen LogP contribution in [-0.2, 0) is 17.2 Å². The van der Waals surface area contributed by atoms with Crippen LogP contribution in [0.5, 0.6) is 0 Å². The van der Waals surface area contributed by atoms with Gasteiger partial charge in [-0.15, -0.1) is 0 Å². The van der Waals surface area contributed by atoms with E-state index in [0.29, 0.717) is 0 Å². The van der Waals surface area contributed by atoms with Crippen molar-refractivity contribution in [1.29, 1.82) is 0 Å². The highest BCUT2D eigenvalue weighted by Gasteiger charge is 2.15. The van der Waals surface area contributed by atoms with E-state index in [-0.39, 0.29) is 6.04 Å². The van der Waals surface area contributed by atoms with Crippen LogP contribution in [0.25, 0.3) is 0 Å². The van der Waals surface area contributed by atoms with Crippen LogP contribution in [0, 0.1) is 0 Å². The summed E-state index contributed by atoms with van der Waals surface area (Å²) in [5.74, 6) is 1.59. The van der Waals surface area contributed by atoms with E-state index in [4.69, 9.17) is 5.73 Å². The molecule has 3 nitrogen and oxygen atoms in total. The van der Waals surface area contributed by atoms with Gasteiger partial charge in [0, 0.05) is 47.1 Å². The van der Waals surface area contributed by atoms with E-state index in [1.165, 1.54) is 11.3 Å². The first-order valence-corrected chi connectivity index (χ1v) is 8.12. The van der Waals surface area contributed by atoms with Crippen molar-refractivity contribution in [2.45, 2.75) is 25.8 Å². The Balaban J connectivity index is 1.97. The molecule has 2 rings (SSSR count). The van der Waals surface area contributed by atoms with Gasteiger partial charge in [-0.1, -0.05) is 19.1 Å². The highest BCUT2D eigenvalue weighted by atomic mass is 32.2. The second-order valence-corrected chi connectivity index (χ2v) is 6.57. The van der Waals surface area contributed by atoms with Crippen molar-refractivity contribution in [1.82, 2.24) is 0 Å². The van der Waals surface area contributed by atoms with Gasteiger partial charge in [0.2, 0.25) is 0 Å². The summed E-state index contributed by atoms with van der Waals surface area (Å²) in [5.41, 5.74) is 8.49. The fraction of sp³-hybridized carbons (Fsp3) is 0.571. The van der Waals surface area contributed by atoms with Crippen molar-refractivity contribution in [2.75, 3.05) is 29.5 Å². The van der Waals surface area contributed by atoms with E-state index >= 15 is 0 Å². The highest BCUT2D eigenvalue weighted by molar-refractivity contribution is 7.85. The topological polar surface area (TPSA) is 46.3 Å². The molecular formula is C14H22N2OS. The number of hydrogen-bond acceptors (Lipinski definition) is 3. The molecule has 1 aliphatic heterocycles. The van der Waals surface area contributed by atoms with Crippen molar-refractivity contribution in [2.24, 2.45) is 5.73 Å². The van der Waals surface area contributed by atoms with E-state index in [2.05, 4.69) is 36.1 Å². The maximum atomic E-state index is 11.3. The minimum atomic E-state index is -0.606. The summed E-state index contributed by atoms with van der Waals surface area (Å²) in [6, 6.07) is 8.90. The van der Waals surface area contributed by atoms with Crippen molar-refractivity contribution in [3.63, 3.8) is 0 Å². The quantitative estimate of drug-likeness (QED) is 0.899. The fourth-order valence-electron chi connectivity index (χ4n) is 2.19. The van der Waals surface area contributed by atoms with E-state index in [0.717, 1.165) is 37.4 Å². The van der Waals surface area contributed by atoms with Crippen LogP contribution in [0.15, 0.2) is 24.3 Å². The monoisotopic (exact) mass is 266 g/mol. The lowest BCUT2D eigenvalue weighted by Gasteiger charge is -2.28. The molecular weight excluding hydrogens is 244 g/mol. The van der Waals surface area contributed by atoms with Crippen LogP contribution in [0.2, 0.25) is 0 Å². The molecule has 1 fully saturated rings. The fourth-order valence-corrected chi connectivity index (χ4v) is 3.24. The number of rotatable bonds is 4. The summed E-state index contributed by atoms with van der Waals surface area (Å²) in [6.07, 6.45) is 1.96. The highest BCUT2D eigenvalue weighted by Crippen LogP contribution is 2.18. The first-order valence-electron chi connectivity index (χ1n) is 6.63. The maximum Gasteiger partial charge on any atom is 0.0411 e. The largest absolute Gasteiger partial charge is 0.370 e. The van der Waals surface area contributed by atoms with Gasteiger partial charge in [0.05, 0.1) is 0 Å². The Labute approximate surface area is 112 Å². The molecule has 1 saturated heterocycles. The standard InChI is InChI=1S/C14H22N2OS/c1-2-13(15)11-12-3-5-14(6-4-12)16-7-9-18(17)10-8-16/h3-6,13H,2,7-11,15H2,1H3. The molecule has 0 amide bonds. The number of anilines is 1. The third-order valence-corrected chi connectivity index (χ3v) is 4.78. The van der Waals surface area contributed by atoms with E-state index in [9.17, 15) is 4.21 Å². The van der Waals surface area contributed by atoms with Crippen molar-refractivity contribution >= 4 is 16.5 Å². The van der Waals surface area contributed by atoms with Gasteiger partial charge in [0.25, 0.3) is 0 Å². The lowest BCUT2D eigenvalue weighted by atomic mass is 10.0. The Bertz CT molecular complexity index is 395. The van der Waals surface area contributed by atoms with Gasteiger partial charge in [-0.3, -0.25) is 4.21 Å². The molecule has 18 heavy (non-hydrogen) atoms. The van der Waals surface area contributed by atoms with Crippen LogP contribution in [0.3, 0.4) is 0 Å². The summed E-state index contributed by atoms with van der Waals surface area (Å²) < 4.78 is 11.3. The molecule has 100 valence electrons. The molecule has 0 bridgehead atoms. The second kappa shape index (κ2) is 6.34. The molecule has 0 spiro atoms. The molecule has 4 heteroatoms. The molecule has 0 aliphatic carbocycles. The van der Waals surface area contributed by atoms with E-state index in [1.54, 1.807) is 0 Å². The zero-order valence-corrected chi connectivity index (χ0v) is 11.8. The Kier molecular flexibility index (Phi) is 4.78. The van der Waals surface area contributed by atoms with Gasteiger partial charge < -0.3 is 10.6 Å². The second-order valence-electron chi connectivity index (χ2n) is 4.87. The zero-order chi connectivity index (χ0) is 13.0. The van der Waals surface area contributed by atoms with Crippen LogP contribution >= 0.6 is 0 Å². The van der Waals surface area contributed by atoms with Crippen LogP contribution in [-0.4, -0.2) is 34.8 Å². The molecule has 1 aromatic rings. The molecule has 1 unspecified atom stereocenters. The van der Waals surface area contributed by atoms with Crippen LogP contribution in [0.1, 0.15) is 18.9 Å². The molecule has 2 N–H and O–H groups in total. The third kappa shape index (κ3) is 3.56. The van der Waals surface area contributed by atoms with Crippen LogP contribution in [0.4, 0.5) is 5.69 Å². The Morgan fingerprint density at radius 2 is 1.89 bits per heavy atom. The van der Waals surface area contributed by atoms with Gasteiger partial charge in [0.15, 0.2) is 0 Å². The van der Waals surface area contributed by atoms with E-state index in [1.807, 2.05) is 0 Å². The van der Waals surface area contributed by atoms with Gasteiger partial charge in [-0.2, -0.15) is 0 Å². The number of hydrogen-bond donors (Lipinski definition) is 1. The number of nitrogens with two attached hydrogens (primary N) is 1. The summed E-state index contributed by atoms with van der Waals surface area (Å²) in [4.78, 5) is 2.31. The molecule has 0 aromatic heterocycles. The minimum absolute atomic E-state index is 0.258. The van der Waals surface area contributed by atoms with Crippen LogP contribution < -0.4 is 10.6 Å². The van der Waals surface area contributed by atoms with Gasteiger partial charge in [-0.25, -0.2) is 0 Å². The minimum Gasteiger partial charge on any atom is -0.370 e. The lowest BCUT2D eigenvalue weighted by Crippen LogP contribution is -2.37. The molecule has 1 heterocycles. The molecule has 0 saturated carbocycles. The predicted octanol–water partition coefficient (Wildman–Crippen LogP) is 1.54. The molecule has 1 aromatic carbocycles. The molecule has 1 aliphatic rings. The summed E-state index contributed by atoms with van der Waals surface area (Å²) in [7, 11) is -0.606. The van der Waals surface area contributed by atoms with Crippen molar-refractivity contribution in [3.05, 3.63) is 29.8 Å². The van der Waals surface area contributed by atoms with Crippen molar-refractivity contribution in [3.8, 4) is 0 Å². The molecule has 0 radical (unpaired) electrons. The first kappa shape index (κ1) is 13.6. The maximum absolute atomic E-state index is 11.3. The normalized spacial score (nSPS) is 18.9. The Morgan fingerprint density at radius 3 is 2.44 bits per heavy atom. The lowest BCUT2D eigenvalue weighted by molar-refractivity contribution is 0.646. The van der Waals surface area contributed by atoms with Gasteiger partial charge in [-0.05, 0) is 30.5 Å². The summed E-state index contributed by atoms with van der Waals surface area (Å²) in [5, 5.41) is 0. The van der Waals surface area contributed by atoms with Gasteiger partial charge >= 0.3 is 0 Å². The molecule has 1 atom stereocenters. The first-order chi connectivity index (χ1) is 8.69. The summed E-state index contributed by atoms with van der Waals surface area (Å²) in [6.45, 7) is 3.92.